The monoisotopic (exact) mass is 346 g/mol. The molecule has 128 valence electrons. The van der Waals surface area contributed by atoms with Crippen LogP contribution < -0.4 is 11.1 Å². The number of hydrogen-bond acceptors (Lipinski definition) is 3. The van der Waals surface area contributed by atoms with E-state index in [0.717, 1.165) is 30.5 Å². The number of fused-ring (bicyclic) bond motifs is 1. The highest BCUT2D eigenvalue weighted by molar-refractivity contribution is 5.96. The van der Waals surface area contributed by atoms with Gasteiger partial charge in [-0.05, 0) is 54.2 Å². The summed E-state index contributed by atoms with van der Waals surface area (Å²) >= 11 is 0. The number of nitrogens with one attached hydrogen (secondary N) is 1. The number of nitrogens with two attached hydrogens (primary N) is 1. The number of ether oxygens (including phenoxy) is 1. The predicted molar refractivity (Wildman–Crippen MR) is 98.4 cm³/mol. The molecule has 0 heterocycles. The van der Waals surface area contributed by atoms with Gasteiger partial charge in [0, 0.05) is 18.4 Å². The van der Waals surface area contributed by atoms with Gasteiger partial charge < -0.3 is 15.8 Å². The molecule has 1 amide bonds. The molecule has 1 atom stereocenters. The third-order valence-electron chi connectivity index (χ3n) is 4.35. The van der Waals surface area contributed by atoms with Gasteiger partial charge in [0.25, 0.3) is 5.91 Å². The number of methoxy groups -OCH3 is 1. The first-order chi connectivity index (χ1) is 11.2. The van der Waals surface area contributed by atoms with Crippen molar-refractivity contribution in [3.8, 4) is 0 Å². The van der Waals surface area contributed by atoms with E-state index in [1.54, 1.807) is 7.11 Å². The van der Waals surface area contributed by atoms with Gasteiger partial charge in [0.05, 0.1) is 12.6 Å². The van der Waals surface area contributed by atoms with Gasteiger partial charge in [0.1, 0.15) is 0 Å². The van der Waals surface area contributed by atoms with Crippen molar-refractivity contribution in [2.45, 2.75) is 31.9 Å². The van der Waals surface area contributed by atoms with Gasteiger partial charge in [-0.1, -0.05) is 24.3 Å². The molecule has 0 saturated heterocycles. The molecule has 0 radical (unpaired) electrons. The van der Waals surface area contributed by atoms with Crippen molar-refractivity contribution in [3.63, 3.8) is 0 Å². The van der Waals surface area contributed by atoms with Gasteiger partial charge in [0.15, 0.2) is 0 Å². The quantitative estimate of drug-likeness (QED) is 0.831. The highest BCUT2D eigenvalue weighted by Gasteiger charge is 2.23. The van der Waals surface area contributed by atoms with Crippen LogP contribution in [0.4, 0.5) is 5.69 Å². The number of rotatable bonds is 4. The highest BCUT2D eigenvalue weighted by Crippen LogP contribution is 2.31. The summed E-state index contributed by atoms with van der Waals surface area (Å²) in [4.78, 5) is 12.7. The summed E-state index contributed by atoms with van der Waals surface area (Å²) in [6.45, 7) is 0.432. The fourth-order valence-corrected chi connectivity index (χ4v) is 3.24. The third kappa shape index (κ3) is 3.89. The van der Waals surface area contributed by atoms with Crippen LogP contribution in [-0.2, 0) is 17.8 Å². The van der Waals surface area contributed by atoms with Gasteiger partial charge in [0.2, 0.25) is 0 Å². The molecule has 1 aliphatic rings. The Morgan fingerprint density at radius 1 is 1.29 bits per heavy atom. The van der Waals surface area contributed by atoms with Crippen LogP contribution in [0.3, 0.4) is 0 Å². The number of anilines is 1. The van der Waals surface area contributed by atoms with Crippen LogP contribution in [0.25, 0.3) is 0 Å². The van der Waals surface area contributed by atoms with Crippen LogP contribution >= 0.6 is 12.4 Å². The van der Waals surface area contributed by atoms with Gasteiger partial charge in [-0.25, -0.2) is 0 Å². The van der Waals surface area contributed by atoms with E-state index in [0.29, 0.717) is 12.2 Å². The van der Waals surface area contributed by atoms with Crippen molar-refractivity contribution in [2.75, 3.05) is 12.8 Å². The van der Waals surface area contributed by atoms with Crippen LogP contribution in [-0.4, -0.2) is 13.0 Å². The smallest absolute Gasteiger partial charge is 0.252 e. The van der Waals surface area contributed by atoms with E-state index in [-0.39, 0.29) is 24.4 Å². The third-order valence-corrected chi connectivity index (χ3v) is 4.35. The number of halogens is 1. The number of benzene rings is 2. The molecule has 2 aromatic rings. The molecule has 24 heavy (non-hydrogen) atoms. The lowest BCUT2D eigenvalue weighted by Gasteiger charge is -2.27. The van der Waals surface area contributed by atoms with E-state index < -0.39 is 0 Å². The van der Waals surface area contributed by atoms with Gasteiger partial charge in [-0.3, -0.25) is 4.79 Å². The molecule has 0 aromatic heterocycles. The van der Waals surface area contributed by atoms with Crippen molar-refractivity contribution >= 4 is 24.0 Å². The fourth-order valence-electron chi connectivity index (χ4n) is 3.24. The normalized spacial score (nSPS) is 16.0. The molecule has 0 spiro atoms. The average molecular weight is 347 g/mol. The predicted octanol–water partition coefficient (Wildman–Crippen LogP) is 3.64. The molecule has 0 fully saturated rings. The summed E-state index contributed by atoms with van der Waals surface area (Å²) in [5.41, 5.74) is 10.7. The summed E-state index contributed by atoms with van der Waals surface area (Å²) in [7, 11) is 1.64. The van der Waals surface area contributed by atoms with Gasteiger partial charge in [-0.15, -0.1) is 12.4 Å². The van der Waals surface area contributed by atoms with E-state index in [1.807, 2.05) is 42.5 Å². The number of aryl methyl sites for hydroxylation is 1. The zero-order valence-corrected chi connectivity index (χ0v) is 14.6. The Morgan fingerprint density at radius 2 is 2.08 bits per heavy atom. The molecule has 0 aliphatic heterocycles. The number of nitrogen functional groups attached to an aromatic ring is 1. The summed E-state index contributed by atoms with van der Waals surface area (Å²) in [6.07, 6.45) is 3.03. The van der Waals surface area contributed by atoms with Crippen molar-refractivity contribution < 1.29 is 9.53 Å². The molecule has 5 heteroatoms. The molecular weight excluding hydrogens is 324 g/mol. The maximum absolute atomic E-state index is 12.7. The van der Waals surface area contributed by atoms with Crippen molar-refractivity contribution in [1.29, 1.82) is 0 Å². The second-order valence-corrected chi connectivity index (χ2v) is 5.97. The van der Waals surface area contributed by atoms with E-state index in [2.05, 4.69) is 5.32 Å². The van der Waals surface area contributed by atoms with Crippen LogP contribution in [0.15, 0.2) is 42.5 Å². The minimum absolute atomic E-state index is 0. The van der Waals surface area contributed by atoms with Crippen LogP contribution in [0.2, 0.25) is 0 Å². The lowest BCUT2D eigenvalue weighted by atomic mass is 9.87. The Labute approximate surface area is 148 Å². The lowest BCUT2D eigenvalue weighted by molar-refractivity contribution is 0.0928. The highest BCUT2D eigenvalue weighted by atomic mass is 35.5. The first kappa shape index (κ1) is 18.3. The zero-order valence-electron chi connectivity index (χ0n) is 13.7. The molecule has 3 N–H and O–H groups in total. The second kappa shape index (κ2) is 8.18. The fraction of sp³-hybridized carbons (Fsp3) is 0.316. The molecule has 3 rings (SSSR count). The minimum Gasteiger partial charge on any atom is -0.399 e. The zero-order chi connectivity index (χ0) is 16.2. The molecule has 0 saturated carbocycles. The Balaban J connectivity index is 0.00000208. The van der Waals surface area contributed by atoms with Crippen molar-refractivity contribution in [3.05, 3.63) is 64.7 Å². The first-order valence-electron chi connectivity index (χ1n) is 7.95. The van der Waals surface area contributed by atoms with Gasteiger partial charge >= 0.3 is 0 Å². The molecule has 1 unspecified atom stereocenters. The second-order valence-electron chi connectivity index (χ2n) is 5.97. The molecule has 4 nitrogen and oxygen atoms in total. The molecule has 0 bridgehead atoms. The maximum atomic E-state index is 12.7. The summed E-state index contributed by atoms with van der Waals surface area (Å²) in [6, 6.07) is 13.6. The van der Waals surface area contributed by atoms with Gasteiger partial charge in [-0.2, -0.15) is 0 Å². The number of carbonyl (C=O) groups excluding carboxylic acids is 1. The SMILES string of the molecule is COCc1ccccc1C(=O)NC1CCCc2cc(N)ccc21.Cl. The van der Waals surface area contributed by atoms with E-state index in [1.165, 1.54) is 11.1 Å². The van der Waals surface area contributed by atoms with Crippen molar-refractivity contribution in [1.82, 2.24) is 5.32 Å². The largest absolute Gasteiger partial charge is 0.399 e. The Hall–Kier alpha value is -2.04. The van der Waals surface area contributed by atoms with E-state index >= 15 is 0 Å². The number of carbonyl (C=O) groups is 1. The Kier molecular flexibility index (Phi) is 6.23. The summed E-state index contributed by atoms with van der Waals surface area (Å²) < 4.78 is 5.18. The van der Waals surface area contributed by atoms with E-state index in [9.17, 15) is 4.79 Å². The maximum Gasteiger partial charge on any atom is 0.252 e. The summed E-state index contributed by atoms with van der Waals surface area (Å²) in [5.74, 6) is -0.0488. The van der Waals surface area contributed by atoms with Crippen LogP contribution in [0, 0.1) is 0 Å². The van der Waals surface area contributed by atoms with E-state index in [4.69, 9.17) is 10.5 Å². The molecule has 2 aromatic carbocycles. The topological polar surface area (TPSA) is 64.3 Å². The number of hydrogen-bond donors (Lipinski definition) is 2. The van der Waals surface area contributed by atoms with Crippen LogP contribution in [0.5, 0.6) is 0 Å². The standard InChI is InChI=1S/C19H22N2O2.ClH/c1-23-12-14-5-2-3-7-17(14)19(22)21-18-8-4-6-13-11-15(20)9-10-16(13)18;/h2-3,5,7,9-11,18H,4,6,8,12,20H2,1H3,(H,21,22);1H. The first-order valence-corrected chi connectivity index (χ1v) is 7.95. The van der Waals surface area contributed by atoms with Crippen molar-refractivity contribution in [2.24, 2.45) is 0 Å². The Bertz CT molecular complexity index is 718. The Morgan fingerprint density at radius 3 is 2.88 bits per heavy atom. The molecule has 1 aliphatic carbocycles. The lowest BCUT2D eigenvalue weighted by Crippen LogP contribution is -2.31. The molecular formula is C19H23ClN2O2. The minimum atomic E-state index is -0.0488. The number of amides is 1. The van der Waals surface area contributed by atoms with Crippen LogP contribution in [0.1, 0.15) is 45.9 Å². The average Bonchev–Trinajstić information content (AvgIpc) is 2.55. The summed E-state index contributed by atoms with van der Waals surface area (Å²) in [5, 5.41) is 3.17.